The van der Waals surface area contributed by atoms with Crippen LogP contribution in [0.25, 0.3) is 10.8 Å². The van der Waals surface area contributed by atoms with Gasteiger partial charge in [-0.2, -0.15) is 0 Å². The topological polar surface area (TPSA) is 73.5 Å². The molecule has 0 saturated carbocycles. The zero-order valence-corrected chi connectivity index (χ0v) is 14.2. The van der Waals surface area contributed by atoms with Crippen LogP contribution in [0.3, 0.4) is 0 Å². The standard InChI is InChI=1S/C19H20N2O4/c1-3-8-21-17(18(22)20-12-15-5-4-9-25-15)11-13-10-14(24-2)6-7-16(13)19(21)23/h4-7,9-11H,3,8,12H2,1-2H3,(H,20,22). The fraction of sp³-hybridized carbons (Fsp3) is 0.263. The summed E-state index contributed by atoms with van der Waals surface area (Å²) in [5.74, 6) is 0.981. The van der Waals surface area contributed by atoms with Crippen LogP contribution in [0.5, 0.6) is 5.75 Å². The Labute approximate surface area is 145 Å². The van der Waals surface area contributed by atoms with Gasteiger partial charge in [-0.05, 0) is 48.2 Å². The number of benzene rings is 1. The van der Waals surface area contributed by atoms with Crippen molar-refractivity contribution in [1.82, 2.24) is 9.88 Å². The predicted octanol–water partition coefficient (Wildman–Crippen LogP) is 2.94. The number of fused-ring (bicyclic) bond motifs is 1. The number of furan rings is 1. The molecule has 0 unspecified atom stereocenters. The molecule has 1 amide bonds. The Morgan fingerprint density at radius 2 is 2.12 bits per heavy atom. The van der Waals surface area contributed by atoms with Gasteiger partial charge in [-0.3, -0.25) is 9.59 Å². The van der Waals surface area contributed by atoms with Gasteiger partial charge in [0.15, 0.2) is 0 Å². The summed E-state index contributed by atoms with van der Waals surface area (Å²) >= 11 is 0. The van der Waals surface area contributed by atoms with Crippen molar-refractivity contribution in [3.05, 3.63) is 64.5 Å². The molecule has 1 aromatic carbocycles. The van der Waals surface area contributed by atoms with E-state index in [1.165, 1.54) is 4.57 Å². The van der Waals surface area contributed by atoms with E-state index in [-0.39, 0.29) is 18.0 Å². The highest BCUT2D eigenvalue weighted by Gasteiger charge is 2.16. The smallest absolute Gasteiger partial charge is 0.268 e. The lowest BCUT2D eigenvalue weighted by molar-refractivity contribution is 0.0937. The second-order valence-corrected chi connectivity index (χ2v) is 5.70. The fourth-order valence-corrected chi connectivity index (χ4v) is 2.77. The number of carbonyl (C=O) groups excluding carboxylic acids is 1. The van der Waals surface area contributed by atoms with Gasteiger partial charge in [0.1, 0.15) is 17.2 Å². The maximum Gasteiger partial charge on any atom is 0.268 e. The van der Waals surface area contributed by atoms with Crippen molar-refractivity contribution in [3.8, 4) is 5.75 Å². The molecule has 130 valence electrons. The summed E-state index contributed by atoms with van der Waals surface area (Å²) < 4.78 is 12.0. The van der Waals surface area contributed by atoms with Crippen LogP contribution >= 0.6 is 0 Å². The lowest BCUT2D eigenvalue weighted by Gasteiger charge is -2.14. The minimum Gasteiger partial charge on any atom is -0.497 e. The molecule has 0 atom stereocenters. The summed E-state index contributed by atoms with van der Waals surface area (Å²) in [7, 11) is 1.57. The van der Waals surface area contributed by atoms with Crippen LogP contribution in [-0.2, 0) is 13.1 Å². The van der Waals surface area contributed by atoms with Crippen molar-refractivity contribution in [1.29, 1.82) is 0 Å². The van der Waals surface area contributed by atoms with Gasteiger partial charge >= 0.3 is 0 Å². The van der Waals surface area contributed by atoms with Gasteiger partial charge in [-0.1, -0.05) is 6.92 Å². The third-order valence-corrected chi connectivity index (χ3v) is 4.00. The Hall–Kier alpha value is -3.02. The van der Waals surface area contributed by atoms with Crippen molar-refractivity contribution < 1.29 is 13.9 Å². The van der Waals surface area contributed by atoms with Crippen LogP contribution in [0.15, 0.2) is 51.9 Å². The molecule has 0 aliphatic carbocycles. The molecule has 3 aromatic rings. The number of hydrogen-bond donors (Lipinski definition) is 1. The Bertz CT molecular complexity index is 942. The molecule has 6 heteroatoms. The number of nitrogens with one attached hydrogen (secondary N) is 1. The van der Waals surface area contributed by atoms with E-state index in [0.29, 0.717) is 34.5 Å². The van der Waals surface area contributed by atoms with Crippen LogP contribution in [-0.4, -0.2) is 17.6 Å². The van der Waals surface area contributed by atoms with E-state index in [1.807, 2.05) is 6.92 Å². The zero-order chi connectivity index (χ0) is 17.8. The molecule has 0 saturated heterocycles. The number of ether oxygens (including phenoxy) is 1. The Morgan fingerprint density at radius 1 is 1.28 bits per heavy atom. The van der Waals surface area contributed by atoms with Crippen LogP contribution < -0.4 is 15.6 Å². The van der Waals surface area contributed by atoms with Crippen molar-refractivity contribution >= 4 is 16.7 Å². The first-order chi connectivity index (χ1) is 12.1. The highest BCUT2D eigenvalue weighted by atomic mass is 16.5. The van der Waals surface area contributed by atoms with Gasteiger partial charge < -0.3 is 19.0 Å². The number of methoxy groups -OCH3 is 1. The number of amides is 1. The summed E-state index contributed by atoms with van der Waals surface area (Å²) in [6.45, 7) is 2.71. The largest absolute Gasteiger partial charge is 0.497 e. The quantitative estimate of drug-likeness (QED) is 0.749. The normalized spacial score (nSPS) is 10.8. The molecular weight excluding hydrogens is 320 g/mol. The summed E-state index contributed by atoms with van der Waals surface area (Å²) in [6, 6.07) is 10.5. The molecule has 0 bridgehead atoms. The third kappa shape index (κ3) is 3.42. The molecule has 1 N–H and O–H groups in total. The SMILES string of the molecule is CCCn1c(C(=O)NCc2ccco2)cc2cc(OC)ccc2c1=O. The minimum atomic E-state index is -0.313. The van der Waals surface area contributed by atoms with Gasteiger partial charge in [-0.25, -0.2) is 0 Å². The van der Waals surface area contributed by atoms with Crippen LogP contribution in [0.4, 0.5) is 0 Å². The van der Waals surface area contributed by atoms with Gasteiger partial charge in [0.2, 0.25) is 0 Å². The van der Waals surface area contributed by atoms with Crippen molar-refractivity contribution in [2.75, 3.05) is 7.11 Å². The van der Waals surface area contributed by atoms with E-state index in [0.717, 1.165) is 6.42 Å². The molecule has 2 heterocycles. The first-order valence-electron chi connectivity index (χ1n) is 8.16. The average molecular weight is 340 g/mol. The maximum atomic E-state index is 12.8. The number of aromatic nitrogens is 1. The summed E-state index contributed by atoms with van der Waals surface area (Å²) in [5.41, 5.74) is 0.157. The fourth-order valence-electron chi connectivity index (χ4n) is 2.77. The number of pyridine rings is 1. The molecule has 0 spiro atoms. The monoisotopic (exact) mass is 340 g/mol. The molecule has 0 radical (unpaired) electrons. The summed E-state index contributed by atoms with van der Waals surface area (Å²) in [6.07, 6.45) is 2.30. The van der Waals surface area contributed by atoms with E-state index < -0.39 is 0 Å². The van der Waals surface area contributed by atoms with E-state index in [1.54, 1.807) is 49.8 Å². The molecule has 0 aliphatic heterocycles. The molecule has 25 heavy (non-hydrogen) atoms. The molecule has 3 rings (SSSR count). The van der Waals surface area contributed by atoms with Gasteiger partial charge in [0.05, 0.1) is 19.9 Å². The maximum absolute atomic E-state index is 12.8. The Morgan fingerprint density at radius 3 is 2.80 bits per heavy atom. The minimum absolute atomic E-state index is 0.176. The van der Waals surface area contributed by atoms with E-state index >= 15 is 0 Å². The lowest BCUT2D eigenvalue weighted by Crippen LogP contribution is -2.32. The number of rotatable bonds is 6. The van der Waals surface area contributed by atoms with Crippen LogP contribution in [0.2, 0.25) is 0 Å². The van der Waals surface area contributed by atoms with Crippen molar-refractivity contribution in [2.24, 2.45) is 0 Å². The van der Waals surface area contributed by atoms with E-state index in [9.17, 15) is 9.59 Å². The Kier molecular flexibility index (Phi) is 4.88. The zero-order valence-electron chi connectivity index (χ0n) is 14.2. The summed E-state index contributed by atoms with van der Waals surface area (Å²) in [4.78, 5) is 25.4. The second-order valence-electron chi connectivity index (χ2n) is 5.70. The number of carbonyl (C=O) groups is 1. The van der Waals surface area contributed by atoms with E-state index in [4.69, 9.17) is 9.15 Å². The highest BCUT2D eigenvalue weighted by Crippen LogP contribution is 2.20. The molecular formula is C19H20N2O4. The van der Waals surface area contributed by atoms with Crippen LogP contribution in [0.1, 0.15) is 29.6 Å². The molecule has 0 aliphatic rings. The van der Waals surface area contributed by atoms with Gasteiger partial charge in [0, 0.05) is 11.9 Å². The number of nitrogens with zero attached hydrogens (tertiary/aromatic N) is 1. The van der Waals surface area contributed by atoms with E-state index in [2.05, 4.69) is 5.32 Å². The average Bonchev–Trinajstić information content (AvgIpc) is 3.15. The Balaban J connectivity index is 2.02. The molecule has 2 aromatic heterocycles. The predicted molar refractivity (Wildman–Crippen MR) is 94.9 cm³/mol. The third-order valence-electron chi connectivity index (χ3n) is 4.00. The van der Waals surface area contributed by atoms with Gasteiger partial charge in [-0.15, -0.1) is 0 Å². The first kappa shape index (κ1) is 16.8. The summed E-state index contributed by atoms with van der Waals surface area (Å²) in [5, 5.41) is 4.04. The second kappa shape index (κ2) is 7.25. The first-order valence-corrected chi connectivity index (χ1v) is 8.16. The molecule has 6 nitrogen and oxygen atoms in total. The number of hydrogen-bond acceptors (Lipinski definition) is 4. The lowest BCUT2D eigenvalue weighted by atomic mass is 10.1. The van der Waals surface area contributed by atoms with Gasteiger partial charge in [0.25, 0.3) is 11.5 Å². The molecule has 0 fully saturated rings. The highest BCUT2D eigenvalue weighted by molar-refractivity contribution is 5.97. The van der Waals surface area contributed by atoms with Crippen LogP contribution in [0, 0.1) is 0 Å². The van der Waals surface area contributed by atoms with Crippen molar-refractivity contribution in [2.45, 2.75) is 26.4 Å². The van der Waals surface area contributed by atoms with Crippen molar-refractivity contribution in [3.63, 3.8) is 0 Å².